The highest BCUT2D eigenvalue weighted by Crippen LogP contribution is 2.41. The molecule has 4 nitrogen and oxygen atoms in total. The molecule has 2 atom stereocenters. The zero-order valence-electron chi connectivity index (χ0n) is 10.6. The highest BCUT2D eigenvalue weighted by atomic mass is 19.4. The zero-order valence-corrected chi connectivity index (χ0v) is 10.6. The van der Waals surface area contributed by atoms with Crippen molar-refractivity contribution in [2.75, 3.05) is 11.7 Å². The summed E-state index contributed by atoms with van der Waals surface area (Å²) in [6.45, 7) is 2.16. The van der Waals surface area contributed by atoms with Gasteiger partial charge in [-0.3, -0.25) is 9.63 Å². The first-order valence-electron chi connectivity index (χ1n) is 6.25. The van der Waals surface area contributed by atoms with Gasteiger partial charge in [-0.25, -0.2) is 5.06 Å². The average molecular weight is 287 g/mol. The summed E-state index contributed by atoms with van der Waals surface area (Å²) in [4.78, 5) is 17.5. The summed E-state index contributed by atoms with van der Waals surface area (Å²) >= 11 is 0. The minimum Gasteiger partial charge on any atom is -0.356 e. The molecule has 0 saturated carbocycles. The van der Waals surface area contributed by atoms with E-state index < -0.39 is 24.1 Å². The second-order valence-electron chi connectivity index (χ2n) is 4.66. The van der Waals surface area contributed by atoms with Gasteiger partial charge in [-0.15, -0.1) is 0 Å². The van der Waals surface area contributed by atoms with Crippen molar-refractivity contribution in [3.05, 3.63) is 29.3 Å². The van der Waals surface area contributed by atoms with Gasteiger partial charge >= 0.3 is 6.18 Å². The number of carbonyl (C=O) groups excluding carboxylic acids is 1. The first-order chi connectivity index (χ1) is 9.41. The van der Waals surface area contributed by atoms with E-state index in [9.17, 15) is 18.0 Å². The maximum Gasteiger partial charge on any atom is 0.416 e. The Labute approximate surface area is 113 Å². The second kappa shape index (κ2) is 4.46. The van der Waals surface area contributed by atoms with Gasteiger partial charge in [0.2, 0.25) is 0 Å². The quantitative estimate of drug-likeness (QED) is 0.838. The molecule has 0 aliphatic carbocycles. The van der Waals surface area contributed by atoms with Gasteiger partial charge in [0.05, 0.1) is 11.3 Å². The van der Waals surface area contributed by atoms with Crippen molar-refractivity contribution in [3.8, 4) is 0 Å². The SMILES string of the molecule is CCO[C@H]1C[C@H]2ON1c1cc(C(F)(F)F)ccc1C2=O. The van der Waals surface area contributed by atoms with Crippen LogP contribution in [0.15, 0.2) is 18.2 Å². The van der Waals surface area contributed by atoms with Crippen LogP contribution in [-0.2, 0) is 15.8 Å². The van der Waals surface area contributed by atoms with Gasteiger partial charge in [-0.2, -0.15) is 13.2 Å². The van der Waals surface area contributed by atoms with Crippen LogP contribution in [0.4, 0.5) is 18.9 Å². The van der Waals surface area contributed by atoms with Gasteiger partial charge in [0.1, 0.15) is 0 Å². The number of Topliss-reactive ketones (excluding diaryl/α,β-unsaturated/α-hetero) is 1. The number of ether oxygens (including phenoxy) is 1. The Morgan fingerprint density at radius 3 is 2.85 bits per heavy atom. The fourth-order valence-electron chi connectivity index (χ4n) is 2.49. The summed E-state index contributed by atoms with van der Waals surface area (Å²) in [5, 5.41) is 1.28. The molecule has 2 bridgehead atoms. The van der Waals surface area contributed by atoms with Crippen LogP contribution in [0.1, 0.15) is 29.3 Å². The predicted octanol–water partition coefficient (Wildman–Crippen LogP) is 2.77. The molecule has 1 aromatic carbocycles. The minimum atomic E-state index is -4.46. The molecule has 0 aromatic heterocycles. The molecule has 3 rings (SSSR count). The second-order valence-corrected chi connectivity index (χ2v) is 4.66. The molecule has 1 aromatic rings. The van der Waals surface area contributed by atoms with Crippen LogP contribution in [0.2, 0.25) is 0 Å². The lowest BCUT2D eigenvalue weighted by Crippen LogP contribution is -2.35. The molecule has 7 heteroatoms. The van der Waals surface area contributed by atoms with Crippen LogP contribution in [0.25, 0.3) is 0 Å². The van der Waals surface area contributed by atoms with Crippen LogP contribution < -0.4 is 5.06 Å². The van der Waals surface area contributed by atoms with Gasteiger partial charge in [0.15, 0.2) is 18.1 Å². The van der Waals surface area contributed by atoms with E-state index in [1.165, 1.54) is 11.1 Å². The van der Waals surface area contributed by atoms with E-state index >= 15 is 0 Å². The van der Waals surface area contributed by atoms with Crippen LogP contribution in [0.3, 0.4) is 0 Å². The highest BCUT2D eigenvalue weighted by molar-refractivity contribution is 6.06. The predicted molar refractivity (Wildman–Crippen MR) is 63.2 cm³/mol. The summed E-state index contributed by atoms with van der Waals surface area (Å²) in [7, 11) is 0. The third-order valence-electron chi connectivity index (χ3n) is 3.40. The number of ketones is 1. The molecular weight excluding hydrogens is 275 g/mol. The van der Waals surface area contributed by atoms with Crippen LogP contribution in [0.5, 0.6) is 0 Å². The van der Waals surface area contributed by atoms with Crippen molar-refractivity contribution in [1.82, 2.24) is 0 Å². The maximum absolute atomic E-state index is 12.8. The zero-order chi connectivity index (χ0) is 14.5. The van der Waals surface area contributed by atoms with E-state index in [2.05, 4.69) is 0 Å². The number of carbonyl (C=O) groups is 1. The molecule has 1 saturated heterocycles. The lowest BCUT2D eigenvalue weighted by Gasteiger charge is -2.29. The standard InChI is InChI=1S/C13H12F3NO3/c1-2-19-11-6-10-12(18)8-4-3-7(13(14,15)16)5-9(8)17(11)20-10/h3-5,10-11H,2,6H2,1H3/t10-,11+/m1/s1. The lowest BCUT2D eigenvalue weighted by atomic mass is 10.0. The third kappa shape index (κ3) is 1.97. The highest BCUT2D eigenvalue weighted by Gasteiger charge is 2.46. The number of benzene rings is 1. The number of nitrogens with zero attached hydrogens (tertiary/aromatic N) is 1. The lowest BCUT2D eigenvalue weighted by molar-refractivity contribution is -0.137. The smallest absolute Gasteiger partial charge is 0.356 e. The molecule has 0 N–H and O–H groups in total. The monoisotopic (exact) mass is 287 g/mol. The Morgan fingerprint density at radius 2 is 2.20 bits per heavy atom. The molecule has 0 radical (unpaired) electrons. The number of fused-ring (bicyclic) bond motifs is 4. The number of hydroxylamine groups is 1. The molecular formula is C13H12F3NO3. The Kier molecular flexibility index (Phi) is 2.98. The molecule has 20 heavy (non-hydrogen) atoms. The van der Waals surface area contributed by atoms with Gasteiger partial charge in [-0.05, 0) is 25.1 Å². The van der Waals surface area contributed by atoms with Crippen molar-refractivity contribution < 1.29 is 27.5 Å². The van der Waals surface area contributed by atoms with E-state index in [1.807, 2.05) is 0 Å². The van der Waals surface area contributed by atoms with E-state index in [1.54, 1.807) is 6.92 Å². The van der Waals surface area contributed by atoms with Gasteiger partial charge in [0, 0.05) is 18.6 Å². The molecule has 0 amide bonds. The van der Waals surface area contributed by atoms with E-state index in [0.717, 1.165) is 12.1 Å². The van der Waals surface area contributed by atoms with E-state index in [4.69, 9.17) is 9.57 Å². The first kappa shape index (κ1) is 13.4. The Balaban J connectivity index is 2.06. The van der Waals surface area contributed by atoms with Crippen molar-refractivity contribution in [3.63, 3.8) is 0 Å². The van der Waals surface area contributed by atoms with Gasteiger partial charge < -0.3 is 4.74 Å². The number of alkyl halides is 3. The molecule has 1 fully saturated rings. The van der Waals surface area contributed by atoms with Crippen LogP contribution in [0, 0.1) is 0 Å². The molecule has 2 aliphatic heterocycles. The van der Waals surface area contributed by atoms with E-state index in [-0.39, 0.29) is 17.0 Å². The fourth-order valence-corrected chi connectivity index (χ4v) is 2.49. The number of rotatable bonds is 2. The molecule has 0 unspecified atom stereocenters. The molecule has 108 valence electrons. The Bertz CT molecular complexity index is 558. The summed E-state index contributed by atoms with van der Waals surface area (Å²) in [5.41, 5.74) is -0.443. The van der Waals surface area contributed by atoms with Crippen molar-refractivity contribution in [2.24, 2.45) is 0 Å². The average Bonchev–Trinajstić information content (AvgIpc) is 2.76. The van der Waals surface area contributed by atoms with Gasteiger partial charge in [0.25, 0.3) is 0 Å². The first-order valence-corrected chi connectivity index (χ1v) is 6.25. The Hall–Kier alpha value is -1.60. The fraction of sp³-hybridized carbons (Fsp3) is 0.462. The van der Waals surface area contributed by atoms with Crippen molar-refractivity contribution in [2.45, 2.75) is 31.9 Å². The minimum absolute atomic E-state index is 0.122. The number of anilines is 1. The van der Waals surface area contributed by atoms with Crippen LogP contribution >= 0.6 is 0 Å². The maximum atomic E-state index is 12.8. The number of hydrogen-bond donors (Lipinski definition) is 0. The summed E-state index contributed by atoms with van der Waals surface area (Å²) in [6, 6.07) is 3.05. The summed E-state index contributed by atoms with van der Waals surface area (Å²) in [6.07, 6.45) is -5.34. The summed E-state index contributed by atoms with van der Waals surface area (Å²) < 4.78 is 43.7. The topological polar surface area (TPSA) is 38.8 Å². The summed E-state index contributed by atoms with van der Waals surface area (Å²) in [5.74, 6) is -0.299. The normalized spacial score (nSPS) is 25.0. The van der Waals surface area contributed by atoms with Gasteiger partial charge in [-0.1, -0.05) is 0 Å². The Morgan fingerprint density at radius 1 is 1.45 bits per heavy atom. The molecule has 2 heterocycles. The molecule has 0 spiro atoms. The third-order valence-corrected chi connectivity index (χ3v) is 3.40. The van der Waals surface area contributed by atoms with Crippen molar-refractivity contribution >= 4 is 11.5 Å². The number of hydrogen-bond acceptors (Lipinski definition) is 4. The molecule has 2 aliphatic rings. The van der Waals surface area contributed by atoms with Crippen LogP contribution in [-0.4, -0.2) is 24.7 Å². The largest absolute Gasteiger partial charge is 0.416 e. The van der Waals surface area contributed by atoms with Crippen molar-refractivity contribution in [1.29, 1.82) is 0 Å². The van der Waals surface area contributed by atoms with E-state index in [0.29, 0.717) is 13.0 Å². The number of halogens is 3.